The van der Waals surface area contributed by atoms with E-state index in [0.717, 1.165) is 17.6 Å². The molecule has 0 N–H and O–H groups in total. The van der Waals surface area contributed by atoms with Gasteiger partial charge < -0.3 is 0 Å². The maximum absolute atomic E-state index is 8.88. The molecule has 1 heteroatoms. The van der Waals surface area contributed by atoms with Crippen molar-refractivity contribution in [1.29, 1.82) is 5.26 Å². The summed E-state index contributed by atoms with van der Waals surface area (Å²) >= 11 is 0. The van der Waals surface area contributed by atoms with Crippen molar-refractivity contribution in [2.75, 3.05) is 0 Å². The molecule has 66 valence electrons. The van der Waals surface area contributed by atoms with E-state index in [9.17, 15) is 0 Å². The Balaban J connectivity index is 3.04. The summed E-state index contributed by atoms with van der Waals surface area (Å²) in [6, 6.07) is 2.21. The molecule has 0 saturated heterocycles. The molecule has 0 bridgehead atoms. The lowest BCUT2D eigenvalue weighted by atomic mass is 10.0. The highest BCUT2D eigenvalue weighted by Gasteiger charge is 2.01. The van der Waals surface area contributed by atoms with Crippen molar-refractivity contribution < 1.29 is 0 Å². The lowest BCUT2D eigenvalue weighted by molar-refractivity contribution is 1.33. The normalized spacial score (nSPS) is 15.2. The Kier molecular flexibility index (Phi) is 3.28. The first-order valence-corrected chi connectivity index (χ1v) is 4.36. The fraction of sp³-hybridized carbons (Fsp3) is 0.250. The largest absolute Gasteiger partial charge is 0.192 e. The first-order valence-electron chi connectivity index (χ1n) is 4.36. The van der Waals surface area contributed by atoms with Gasteiger partial charge in [0.05, 0.1) is 11.6 Å². The van der Waals surface area contributed by atoms with Gasteiger partial charge in [0.15, 0.2) is 0 Å². The molecule has 0 aromatic heterocycles. The van der Waals surface area contributed by atoms with Gasteiger partial charge in [-0.1, -0.05) is 36.0 Å². The van der Waals surface area contributed by atoms with Gasteiger partial charge in [-0.2, -0.15) is 5.26 Å². The third-order valence-electron chi connectivity index (χ3n) is 1.75. The van der Waals surface area contributed by atoms with Crippen LogP contribution in [0.15, 0.2) is 47.1 Å². The number of nitriles is 1. The molecule has 1 aliphatic carbocycles. The fourth-order valence-corrected chi connectivity index (χ4v) is 1.19. The molecule has 1 nitrogen and oxygen atoms in total. The van der Waals surface area contributed by atoms with Crippen LogP contribution < -0.4 is 0 Å². The lowest BCUT2D eigenvalue weighted by Gasteiger charge is -1.98. The SMILES string of the molecule is CC(C)=CC1=CC=CCC=C1C#N. The Morgan fingerprint density at radius 2 is 2.31 bits per heavy atom. The van der Waals surface area contributed by atoms with Gasteiger partial charge in [0.25, 0.3) is 0 Å². The highest BCUT2D eigenvalue weighted by molar-refractivity contribution is 5.51. The van der Waals surface area contributed by atoms with Gasteiger partial charge in [-0.25, -0.2) is 0 Å². The Morgan fingerprint density at radius 1 is 1.54 bits per heavy atom. The van der Waals surface area contributed by atoms with Crippen molar-refractivity contribution in [2.24, 2.45) is 0 Å². The lowest BCUT2D eigenvalue weighted by Crippen LogP contribution is -1.83. The molecule has 0 heterocycles. The molecule has 0 atom stereocenters. The van der Waals surface area contributed by atoms with Crippen molar-refractivity contribution in [1.82, 2.24) is 0 Å². The van der Waals surface area contributed by atoms with E-state index in [4.69, 9.17) is 5.26 Å². The van der Waals surface area contributed by atoms with Gasteiger partial charge in [0.1, 0.15) is 0 Å². The predicted molar refractivity (Wildman–Crippen MR) is 55.0 cm³/mol. The second-order valence-corrected chi connectivity index (χ2v) is 3.24. The van der Waals surface area contributed by atoms with E-state index in [1.54, 1.807) is 0 Å². The van der Waals surface area contributed by atoms with Crippen LogP contribution in [0, 0.1) is 11.3 Å². The molecule has 0 amide bonds. The van der Waals surface area contributed by atoms with Crippen LogP contribution in [-0.2, 0) is 0 Å². The third-order valence-corrected chi connectivity index (χ3v) is 1.75. The number of nitrogens with zero attached hydrogens (tertiary/aromatic N) is 1. The van der Waals surface area contributed by atoms with Crippen LogP contribution in [0.1, 0.15) is 20.3 Å². The van der Waals surface area contributed by atoms with Crippen LogP contribution in [-0.4, -0.2) is 0 Å². The zero-order valence-corrected chi connectivity index (χ0v) is 8.04. The van der Waals surface area contributed by atoms with E-state index < -0.39 is 0 Å². The summed E-state index contributed by atoms with van der Waals surface area (Å²) < 4.78 is 0. The minimum Gasteiger partial charge on any atom is -0.192 e. The summed E-state index contributed by atoms with van der Waals surface area (Å²) in [5.74, 6) is 0. The van der Waals surface area contributed by atoms with Crippen LogP contribution in [0.4, 0.5) is 0 Å². The summed E-state index contributed by atoms with van der Waals surface area (Å²) in [6.45, 7) is 4.06. The number of rotatable bonds is 1. The Morgan fingerprint density at radius 3 is 2.92 bits per heavy atom. The highest BCUT2D eigenvalue weighted by Crippen LogP contribution is 2.16. The van der Waals surface area contributed by atoms with E-state index >= 15 is 0 Å². The van der Waals surface area contributed by atoms with E-state index in [-0.39, 0.29) is 0 Å². The second-order valence-electron chi connectivity index (χ2n) is 3.24. The summed E-state index contributed by atoms with van der Waals surface area (Å²) in [5.41, 5.74) is 2.99. The van der Waals surface area contributed by atoms with Crippen LogP contribution in [0.5, 0.6) is 0 Å². The van der Waals surface area contributed by atoms with Crippen molar-refractivity contribution in [2.45, 2.75) is 20.3 Å². The first kappa shape index (κ1) is 9.54. The Hall–Kier alpha value is -1.55. The van der Waals surface area contributed by atoms with E-state index in [2.05, 4.69) is 6.07 Å². The second kappa shape index (κ2) is 4.47. The Bertz CT molecular complexity index is 342. The van der Waals surface area contributed by atoms with Gasteiger partial charge in [-0.15, -0.1) is 0 Å². The van der Waals surface area contributed by atoms with E-state index in [1.165, 1.54) is 5.57 Å². The highest BCUT2D eigenvalue weighted by atomic mass is 14.2. The zero-order valence-electron chi connectivity index (χ0n) is 8.04. The third kappa shape index (κ3) is 2.76. The number of hydrogen-bond acceptors (Lipinski definition) is 1. The minimum atomic E-state index is 0.770. The van der Waals surface area contributed by atoms with Gasteiger partial charge in [0.2, 0.25) is 0 Å². The van der Waals surface area contributed by atoms with E-state index in [0.29, 0.717) is 0 Å². The molecular formula is C12H13N. The average Bonchev–Trinajstić information content (AvgIpc) is 2.28. The smallest absolute Gasteiger partial charge is 0.0994 e. The van der Waals surface area contributed by atoms with Gasteiger partial charge in [-0.05, 0) is 25.8 Å². The van der Waals surface area contributed by atoms with Gasteiger partial charge in [-0.3, -0.25) is 0 Å². The van der Waals surface area contributed by atoms with Crippen LogP contribution in [0.3, 0.4) is 0 Å². The molecule has 1 rings (SSSR count). The number of allylic oxidation sites excluding steroid dienone is 8. The zero-order chi connectivity index (χ0) is 9.68. The van der Waals surface area contributed by atoms with Crippen molar-refractivity contribution in [3.05, 3.63) is 47.1 Å². The molecular weight excluding hydrogens is 158 g/mol. The molecule has 0 spiro atoms. The molecule has 0 aromatic rings. The standard InChI is InChI=1S/C12H13N/c1-10(2)8-11-6-4-3-5-7-12(11)9-13/h3-4,6-8H,5H2,1-2H3. The predicted octanol–water partition coefficient (Wildman–Crippen LogP) is 3.29. The van der Waals surface area contributed by atoms with E-state index in [1.807, 2.05) is 44.2 Å². The quantitative estimate of drug-likeness (QED) is 0.594. The molecule has 13 heavy (non-hydrogen) atoms. The fourth-order valence-electron chi connectivity index (χ4n) is 1.19. The Labute approximate surface area is 79.4 Å². The van der Waals surface area contributed by atoms with Crippen molar-refractivity contribution >= 4 is 0 Å². The van der Waals surface area contributed by atoms with Crippen molar-refractivity contribution in [3.63, 3.8) is 0 Å². The van der Waals surface area contributed by atoms with Crippen LogP contribution in [0.2, 0.25) is 0 Å². The molecule has 1 aliphatic rings. The monoisotopic (exact) mass is 171 g/mol. The molecule has 0 aromatic carbocycles. The summed E-state index contributed by atoms with van der Waals surface area (Å²) in [6.07, 6.45) is 10.9. The minimum absolute atomic E-state index is 0.770. The van der Waals surface area contributed by atoms with Gasteiger partial charge in [0, 0.05) is 0 Å². The average molecular weight is 171 g/mol. The molecule has 0 saturated carbocycles. The molecule has 0 radical (unpaired) electrons. The number of hydrogen-bond donors (Lipinski definition) is 0. The molecule has 0 unspecified atom stereocenters. The summed E-state index contributed by atoms with van der Waals surface area (Å²) in [4.78, 5) is 0. The topological polar surface area (TPSA) is 23.8 Å². The maximum Gasteiger partial charge on any atom is 0.0994 e. The summed E-state index contributed by atoms with van der Waals surface area (Å²) in [5, 5.41) is 8.88. The molecule has 0 aliphatic heterocycles. The maximum atomic E-state index is 8.88. The van der Waals surface area contributed by atoms with Gasteiger partial charge >= 0.3 is 0 Å². The first-order chi connectivity index (χ1) is 6.24. The van der Waals surface area contributed by atoms with Crippen LogP contribution in [0.25, 0.3) is 0 Å². The van der Waals surface area contributed by atoms with Crippen molar-refractivity contribution in [3.8, 4) is 6.07 Å². The molecule has 0 fully saturated rings. The summed E-state index contributed by atoms with van der Waals surface area (Å²) in [7, 11) is 0. The van der Waals surface area contributed by atoms with Crippen LogP contribution >= 0.6 is 0 Å².